The van der Waals surface area contributed by atoms with Crippen LogP contribution in [0.3, 0.4) is 0 Å². The summed E-state index contributed by atoms with van der Waals surface area (Å²) in [6.07, 6.45) is 3.35. The van der Waals surface area contributed by atoms with Gasteiger partial charge in [-0.15, -0.1) is 0 Å². The van der Waals surface area contributed by atoms with E-state index in [1.54, 1.807) is 7.11 Å². The first-order valence-corrected chi connectivity index (χ1v) is 10.5. The third-order valence-corrected chi connectivity index (χ3v) is 6.12. The van der Waals surface area contributed by atoms with Crippen LogP contribution in [0.25, 0.3) is 0 Å². The van der Waals surface area contributed by atoms with Crippen LogP contribution in [0.2, 0.25) is 0 Å². The molecular weight excluding hydrogens is 366 g/mol. The predicted octanol–water partition coefficient (Wildman–Crippen LogP) is 3.95. The molecule has 0 aromatic heterocycles. The number of carbonyl (C=O) groups is 1. The third kappa shape index (κ3) is 5.02. The molecule has 6 nitrogen and oxygen atoms in total. The van der Waals surface area contributed by atoms with Crippen LogP contribution in [-0.4, -0.2) is 60.8 Å². The Morgan fingerprint density at radius 1 is 1.17 bits per heavy atom. The summed E-state index contributed by atoms with van der Waals surface area (Å²) in [5, 5.41) is 9.98. The Balaban J connectivity index is 1.56. The fourth-order valence-corrected chi connectivity index (χ4v) is 4.40. The average molecular weight is 400 g/mol. The van der Waals surface area contributed by atoms with E-state index in [0.717, 1.165) is 63.2 Å². The molecule has 0 aliphatic carbocycles. The maximum atomic E-state index is 12.3. The van der Waals surface area contributed by atoms with E-state index in [9.17, 15) is 10.1 Å². The van der Waals surface area contributed by atoms with Crippen LogP contribution >= 0.6 is 0 Å². The molecule has 2 aliphatic heterocycles. The van der Waals surface area contributed by atoms with Crippen LogP contribution in [0, 0.1) is 11.3 Å². The summed E-state index contributed by atoms with van der Waals surface area (Å²) in [6, 6.07) is 11.0. The Morgan fingerprint density at radius 2 is 1.83 bits per heavy atom. The lowest BCUT2D eigenvalue weighted by molar-refractivity contribution is 0.0119. The molecule has 0 bridgehead atoms. The molecule has 0 N–H and O–H groups in total. The lowest BCUT2D eigenvalue weighted by atomic mass is 9.73. The van der Waals surface area contributed by atoms with Crippen molar-refractivity contribution in [1.82, 2.24) is 9.80 Å². The summed E-state index contributed by atoms with van der Waals surface area (Å²) in [5.74, 6) is 0.800. The Morgan fingerprint density at radius 3 is 2.38 bits per heavy atom. The molecule has 2 fully saturated rings. The van der Waals surface area contributed by atoms with Gasteiger partial charge >= 0.3 is 6.09 Å². The molecule has 0 saturated carbocycles. The third-order valence-electron chi connectivity index (χ3n) is 6.12. The molecular formula is C23H33N3O3. The van der Waals surface area contributed by atoms with Crippen molar-refractivity contribution < 1.29 is 14.3 Å². The van der Waals surface area contributed by atoms with Gasteiger partial charge in [-0.25, -0.2) is 4.79 Å². The summed E-state index contributed by atoms with van der Waals surface area (Å²) in [6.45, 7) is 8.97. The zero-order chi connectivity index (χ0) is 21.1. The Bertz CT molecular complexity index is 749. The van der Waals surface area contributed by atoms with Crippen LogP contribution in [-0.2, 0) is 10.2 Å². The minimum absolute atomic E-state index is 0.212. The van der Waals surface area contributed by atoms with Crippen molar-refractivity contribution in [2.75, 3.05) is 33.3 Å². The van der Waals surface area contributed by atoms with Crippen molar-refractivity contribution in [2.45, 2.75) is 63.5 Å². The molecule has 2 heterocycles. The molecule has 158 valence electrons. The number of benzene rings is 1. The first-order chi connectivity index (χ1) is 13.8. The van der Waals surface area contributed by atoms with Crippen LogP contribution in [0.1, 0.15) is 52.0 Å². The number of likely N-dealkylation sites (tertiary alicyclic amines) is 2. The summed E-state index contributed by atoms with van der Waals surface area (Å²) in [7, 11) is 1.66. The SMILES string of the molecule is COc1cccc(C2(C#N)CCN(C3CCN(C(=O)OC(C)(C)C)CC3)CC2)c1. The van der Waals surface area contributed by atoms with Gasteiger partial charge in [0.1, 0.15) is 11.4 Å². The molecule has 2 aliphatic rings. The Kier molecular flexibility index (Phi) is 6.38. The van der Waals surface area contributed by atoms with Crippen LogP contribution in [0.4, 0.5) is 4.79 Å². The molecule has 3 rings (SSSR count). The van der Waals surface area contributed by atoms with Crippen molar-refractivity contribution in [3.63, 3.8) is 0 Å². The number of nitrogens with zero attached hydrogens (tertiary/aromatic N) is 3. The van der Waals surface area contributed by atoms with Crippen molar-refractivity contribution in [3.05, 3.63) is 29.8 Å². The molecule has 1 amide bonds. The number of hydrogen-bond acceptors (Lipinski definition) is 5. The zero-order valence-corrected chi connectivity index (χ0v) is 18.1. The second-order valence-corrected chi connectivity index (χ2v) is 9.16. The highest BCUT2D eigenvalue weighted by molar-refractivity contribution is 5.68. The maximum absolute atomic E-state index is 12.3. The van der Waals surface area contributed by atoms with Crippen LogP contribution in [0.5, 0.6) is 5.75 Å². The lowest BCUT2D eigenvalue weighted by Crippen LogP contribution is -2.51. The zero-order valence-electron chi connectivity index (χ0n) is 18.1. The summed E-state index contributed by atoms with van der Waals surface area (Å²) < 4.78 is 10.8. The Hall–Kier alpha value is -2.26. The van der Waals surface area contributed by atoms with Crippen molar-refractivity contribution in [3.8, 4) is 11.8 Å². The first kappa shape index (κ1) is 21.4. The van der Waals surface area contributed by atoms with E-state index in [4.69, 9.17) is 9.47 Å². The number of nitriles is 1. The second kappa shape index (κ2) is 8.62. The van der Waals surface area contributed by atoms with Gasteiger partial charge in [0.25, 0.3) is 0 Å². The van der Waals surface area contributed by atoms with E-state index in [1.165, 1.54) is 0 Å². The minimum atomic E-state index is -0.457. The molecule has 1 aromatic carbocycles. The van der Waals surface area contributed by atoms with Crippen LogP contribution < -0.4 is 4.74 Å². The monoisotopic (exact) mass is 399 g/mol. The molecule has 29 heavy (non-hydrogen) atoms. The average Bonchev–Trinajstić information content (AvgIpc) is 2.73. The van der Waals surface area contributed by atoms with Crippen LogP contribution in [0.15, 0.2) is 24.3 Å². The molecule has 0 spiro atoms. The fraction of sp³-hybridized carbons (Fsp3) is 0.652. The standard InChI is InChI=1S/C23H33N3O3/c1-22(2,3)29-21(27)26-12-8-19(9-13-26)25-14-10-23(17-24,11-15-25)18-6-5-7-20(16-18)28-4/h5-7,16,19H,8-15H2,1-4H3. The molecule has 0 unspecified atom stereocenters. The normalized spacial score (nSPS) is 20.7. The fourth-order valence-electron chi connectivity index (χ4n) is 4.40. The van der Waals surface area contributed by atoms with E-state index in [-0.39, 0.29) is 6.09 Å². The van der Waals surface area contributed by atoms with Gasteiger partial charge in [0.05, 0.1) is 18.6 Å². The number of hydrogen-bond donors (Lipinski definition) is 0. The molecule has 1 aromatic rings. The first-order valence-electron chi connectivity index (χ1n) is 10.5. The summed E-state index contributed by atoms with van der Waals surface area (Å²) >= 11 is 0. The highest BCUT2D eigenvalue weighted by Gasteiger charge is 2.39. The van der Waals surface area contributed by atoms with Crippen molar-refractivity contribution in [2.24, 2.45) is 0 Å². The number of amides is 1. The summed E-state index contributed by atoms with van der Waals surface area (Å²) in [5.41, 5.74) is 0.155. The van der Waals surface area contributed by atoms with Gasteiger partial charge in [0.15, 0.2) is 0 Å². The van der Waals surface area contributed by atoms with Gasteiger partial charge < -0.3 is 19.3 Å². The largest absolute Gasteiger partial charge is 0.497 e. The van der Waals surface area contributed by atoms with E-state index in [0.29, 0.717) is 6.04 Å². The molecule has 6 heteroatoms. The number of methoxy groups -OCH3 is 1. The number of carbonyl (C=O) groups excluding carboxylic acids is 1. The van der Waals surface area contributed by atoms with Crippen molar-refractivity contribution in [1.29, 1.82) is 5.26 Å². The van der Waals surface area contributed by atoms with Gasteiger partial charge in [-0.05, 0) is 64.2 Å². The predicted molar refractivity (Wildman–Crippen MR) is 112 cm³/mol. The van der Waals surface area contributed by atoms with E-state index < -0.39 is 11.0 Å². The minimum Gasteiger partial charge on any atom is -0.497 e. The van der Waals surface area contributed by atoms with Gasteiger partial charge in [-0.2, -0.15) is 5.26 Å². The van der Waals surface area contributed by atoms with E-state index >= 15 is 0 Å². The van der Waals surface area contributed by atoms with E-state index in [2.05, 4.69) is 11.0 Å². The van der Waals surface area contributed by atoms with Crippen molar-refractivity contribution >= 4 is 6.09 Å². The smallest absolute Gasteiger partial charge is 0.410 e. The maximum Gasteiger partial charge on any atom is 0.410 e. The molecule has 0 atom stereocenters. The van der Waals surface area contributed by atoms with Gasteiger partial charge in [-0.1, -0.05) is 12.1 Å². The number of piperidine rings is 2. The quantitative estimate of drug-likeness (QED) is 0.770. The van der Waals surface area contributed by atoms with Gasteiger partial charge in [0, 0.05) is 32.2 Å². The highest BCUT2D eigenvalue weighted by atomic mass is 16.6. The summed E-state index contributed by atoms with van der Waals surface area (Å²) in [4.78, 5) is 16.6. The number of rotatable bonds is 3. The lowest BCUT2D eigenvalue weighted by Gasteiger charge is -2.44. The highest BCUT2D eigenvalue weighted by Crippen LogP contribution is 2.37. The Labute approximate surface area is 174 Å². The second-order valence-electron chi connectivity index (χ2n) is 9.16. The topological polar surface area (TPSA) is 65.8 Å². The van der Waals surface area contributed by atoms with Gasteiger partial charge in [-0.3, -0.25) is 0 Å². The number of ether oxygens (including phenoxy) is 2. The van der Waals surface area contributed by atoms with Gasteiger partial charge in [0.2, 0.25) is 0 Å². The molecule has 0 radical (unpaired) electrons. The van der Waals surface area contributed by atoms with E-state index in [1.807, 2.05) is 49.9 Å². The molecule has 2 saturated heterocycles.